The molecule has 1 aliphatic heterocycles. The van der Waals surface area contributed by atoms with E-state index in [0.717, 1.165) is 0 Å². The van der Waals surface area contributed by atoms with Crippen LogP contribution in [0.1, 0.15) is 39.1 Å². The smallest absolute Gasteiger partial charge is 0.534 e. The van der Waals surface area contributed by atoms with Crippen LogP contribution in [0.3, 0.4) is 0 Å². The van der Waals surface area contributed by atoms with Gasteiger partial charge in [0.15, 0.2) is 5.78 Å². The number of ketones is 1. The Morgan fingerprint density at radius 1 is 1.11 bits per heavy atom. The third-order valence-corrected chi connectivity index (χ3v) is 4.41. The number of hydrogen-bond acceptors (Lipinski definition) is 5. The van der Waals surface area contributed by atoms with E-state index in [1.807, 2.05) is 6.07 Å². The van der Waals surface area contributed by atoms with E-state index in [2.05, 4.69) is 5.32 Å². The molecule has 0 radical (unpaired) electrons. The van der Waals surface area contributed by atoms with E-state index >= 15 is 0 Å². The Balaban J connectivity index is 1.59. The van der Waals surface area contributed by atoms with Crippen LogP contribution in [0.5, 0.6) is 5.75 Å². The van der Waals surface area contributed by atoms with Gasteiger partial charge in [-0.3, -0.25) is 14.4 Å². The number of fused-ring (bicyclic) bond motifs is 1. The lowest BCUT2D eigenvalue weighted by molar-refractivity contribution is -0.121. The number of nitrogens with two attached hydrogens (primary N) is 1. The molecule has 0 fully saturated rings. The lowest BCUT2D eigenvalue weighted by Crippen LogP contribution is -2.53. The number of nitrogens with one attached hydrogen (secondary N) is 1. The van der Waals surface area contributed by atoms with Crippen LogP contribution in [0.2, 0.25) is 0 Å². The van der Waals surface area contributed by atoms with E-state index in [-0.39, 0.29) is 42.3 Å². The van der Waals surface area contributed by atoms with Gasteiger partial charge in [-0.1, -0.05) is 42.5 Å². The summed E-state index contributed by atoms with van der Waals surface area (Å²) in [7, 11) is -1.31. The molecule has 8 heteroatoms. The molecule has 0 aromatic heterocycles. The Morgan fingerprint density at radius 3 is 2.56 bits per heavy atom. The molecule has 138 valence electrons. The van der Waals surface area contributed by atoms with Crippen molar-refractivity contribution < 1.29 is 24.1 Å². The number of carbonyl (C=O) groups is 3. The number of amides is 2. The van der Waals surface area contributed by atoms with Crippen molar-refractivity contribution in [2.75, 3.05) is 0 Å². The van der Waals surface area contributed by atoms with Gasteiger partial charge in [-0.15, -0.1) is 0 Å². The van der Waals surface area contributed by atoms with Crippen LogP contribution in [0.4, 0.5) is 0 Å². The summed E-state index contributed by atoms with van der Waals surface area (Å²) < 4.78 is 5.41. The second-order valence-electron chi connectivity index (χ2n) is 6.33. The van der Waals surface area contributed by atoms with Crippen LogP contribution in [0.15, 0.2) is 48.5 Å². The van der Waals surface area contributed by atoms with Crippen molar-refractivity contribution in [3.8, 4) is 5.75 Å². The number of rotatable bonds is 6. The van der Waals surface area contributed by atoms with Gasteiger partial charge in [0.05, 0.1) is 11.5 Å². The maximum Gasteiger partial charge on any atom is 0.547 e. The molecular weight excluding hydrogens is 347 g/mol. The maximum absolute atomic E-state index is 12.2. The third-order valence-electron chi connectivity index (χ3n) is 4.41. The third kappa shape index (κ3) is 4.35. The molecule has 0 spiro atoms. The van der Waals surface area contributed by atoms with Crippen LogP contribution in [0, 0.1) is 0 Å². The van der Waals surface area contributed by atoms with Gasteiger partial charge in [0.1, 0.15) is 5.75 Å². The number of benzene rings is 2. The van der Waals surface area contributed by atoms with E-state index in [0.29, 0.717) is 11.1 Å². The molecule has 0 saturated carbocycles. The molecule has 2 aromatic carbocycles. The zero-order chi connectivity index (χ0) is 19.4. The van der Waals surface area contributed by atoms with Gasteiger partial charge in [0, 0.05) is 18.4 Å². The zero-order valence-electron chi connectivity index (χ0n) is 14.6. The van der Waals surface area contributed by atoms with Crippen molar-refractivity contribution in [3.05, 3.63) is 65.2 Å². The average Bonchev–Trinajstić information content (AvgIpc) is 2.66. The molecule has 1 aliphatic rings. The number of carbonyl (C=O) groups excluding carboxylic acids is 3. The Labute approximate surface area is 156 Å². The molecule has 27 heavy (non-hydrogen) atoms. The van der Waals surface area contributed by atoms with E-state index in [1.54, 1.807) is 36.4 Å². The molecular formula is C19H19BN2O5. The van der Waals surface area contributed by atoms with Crippen LogP contribution < -0.4 is 15.7 Å². The summed E-state index contributed by atoms with van der Waals surface area (Å²) >= 11 is 0. The molecule has 1 heterocycles. The normalized spacial score (nSPS) is 15.4. The fourth-order valence-corrected chi connectivity index (χ4v) is 3.02. The average molecular weight is 366 g/mol. The van der Waals surface area contributed by atoms with Crippen molar-refractivity contribution in [1.82, 2.24) is 5.32 Å². The Hall–Kier alpha value is -3.13. The van der Waals surface area contributed by atoms with Crippen LogP contribution >= 0.6 is 0 Å². The summed E-state index contributed by atoms with van der Waals surface area (Å²) in [5.74, 6) is -1.58. The topological polar surface area (TPSA) is 119 Å². The van der Waals surface area contributed by atoms with Gasteiger partial charge in [0.2, 0.25) is 5.91 Å². The molecule has 2 amide bonds. The summed E-state index contributed by atoms with van der Waals surface area (Å²) in [4.78, 5) is 35.7. The molecule has 0 bridgehead atoms. The molecule has 7 nitrogen and oxygen atoms in total. The molecule has 0 unspecified atom stereocenters. The summed E-state index contributed by atoms with van der Waals surface area (Å²) in [6.07, 6.45) is 0.364. The summed E-state index contributed by atoms with van der Waals surface area (Å²) in [5, 5.41) is 12.9. The van der Waals surface area contributed by atoms with E-state index in [4.69, 9.17) is 10.4 Å². The van der Waals surface area contributed by atoms with Crippen molar-refractivity contribution in [2.45, 2.75) is 25.2 Å². The molecule has 0 saturated heterocycles. The second-order valence-corrected chi connectivity index (χ2v) is 6.33. The summed E-state index contributed by atoms with van der Waals surface area (Å²) in [6, 6.07) is 13.7. The maximum atomic E-state index is 12.2. The Morgan fingerprint density at radius 2 is 1.85 bits per heavy atom. The summed E-state index contributed by atoms with van der Waals surface area (Å²) in [6.45, 7) is 0. The lowest BCUT2D eigenvalue weighted by Gasteiger charge is -2.29. The first-order valence-electron chi connectivity index (χ1n) is 8.59. The fourth-order valence-electron chi connectivity index (χ4n) is 3.02. The first-order valence-corrected chi connectivity index (χ1v) is 8.59. The van der Waals surface area contributed by atoms with Gasteiger partial charge < -0.3 is 20.7 Å². The van der Waals surface area contributed by atoms with E-state index < -0.39 is 19.0 Å². The fraction of sp³-hybridized carbons (Fsp3) is 0.211. The van der Waals surface area contributed by atoms with Crippen molar-refractivity contribution in [2.24, 2.45) is 5.73 Å². The highest BCUT2D eigenvalue weighted by atomic mass is 16.5. The number of hydrogen-bond donors (Lipinski definition) is 3. The number of primary amides is 1. The second kappa shape index (κ2) is 8.05. The molecule has 1 atom stereocenters. The molecule has 4 N–H and O–H groups in total. The van der Waals surface area contributed by atoms with Crippen molar-refractivity contribution in [3.63, 3.8) is 0 Å². The molecule has 3 rings (SSSR count). The molecule has 0 aliphatic carbocycles. The van der Waals surface area contributed by atoms with Gasteiger partial charge in [-0.2, -0.15) is 0 Å². The standard InChI is InChI=1S/C19H19BN2O5/c21-19(25)14-8-4-7-13-11-16(20(26)27-18(13)14)22-17(24)10-9-15(23)12-5-2-1-3-6-12/h1-8,16,26H,9-11H2,(H2,21,25)(H,22,24)/t16-/m0/s1. The van der Waals surface area contributed by atoms with Gasteiger partial charge in [0.25, 0.3) is 5.91 Å². The number of para-hydroxylation sites is 1. The predicted octanol–water partition coefficient (Wildman–Crippen LogP) is 0.888. The van der Waals surface area contributed by atoms with Gasteiger partial charge in [-0.05, 0) is 18.1 Å². The Bertz CT molecular complexity index is 872. The van der Waals surface area contributed by atoms with Crippen LogP contribution in [0.25, 0.3) is 0 Å². The summed E-state index contributed by atoms with van der Waals surface area (Å²) in [5.41, 5.74) is 6.72. The predicted molar refractivity (Wildman–Crippen MR) is 99.2 cm³/mol. The van der Waals surface area contributed by atoms with Crippen molar-refractivity contribution in [1.29, 1.82) is 0 Å². The van der Waals surface area contributed by atoms with Crippen LogP contribution in [-0.2, 0) is 11.2 Å². The minimum absolute atomic E-state index is 0.00509. The highest BCUT2D eigenvalue weighted by Gasteiger charge is 2.37. The first-order chi connectivity index (χ1) is 13.0. The lowest BCUT2D eigenvalue weighted by atomic mass is 9.72. The highest BCUT2D eigenvalue weighted by Crippen LogP contribution is 2.29. The molecule has 2 aromatic rings. The van der Waals surface area contributed by atoms with E-state index in [9.17, 15) is 19.4 Å². The number of Topliss-reactive ketones (excluding diaryl/α,β-unsaturated/α-hetero) is 1. The largest absolute Gasteiger partial charge is 0.547 e. The van der Waals surface area contributed by atoms with Crippen molar-refractivity contribution >= 4 is 24.7 Å². The van der Waals surface area contributed by atoms with Gasteiger partial charge in [-0.25, -0.2) is 0 Å². The zero-order valence-corrected chi connectivity index (χ0v) is 14.6. The SMILES string of the molecule is NC(=O)c1cccc2c1OB(O)[C@@H](NC(=O)CCC(=O)c1ccccc1)C2. The minimum atomic E-state index is -1.31. The van der Waals surface area contributed by atoms with E-state index in [1.165, 1.54) is 6.07 Å². The van der Waals surface area contributed by atoms with Crippen LogP contribution in [-0.4, -0.2) is 35.7 Å². The Kier molecular flexibility index (Phi) is 5.56. The van der Waals surface area contributed by atoms with Gasteiger partial charge >= 0.3 is 7.12 Å². The quantitative estimate of drug-likeness (QED) is 0.518. The first kappa shape index (κ1) is 18.7. The highest BCUT2D eigenvalue weighted by molar-refractivity contribution is 6.47. The monoisotopic (exact) mass is 366 g/mol. The minimum Gasteiger partial charge on any atom is -0.534 e.